The van der Waals surface area contributed by atoms with Crippen molar-refractivity contribution < 1.29 is 9.18 Å². The van der Waals surface area contributed by atoms with Gasteiger partial charge in [-0.15, -0.1) is 22.7 Å². The molecule has 3 aromatic heterocycles. The molecule has 0 saturated carbocycles. The predicted molar refractivity (Wildman–Crippen MR) is 121 cm³/mol. The van der Waals surface area contributed by atoms with E-state index >= 15 is 0 Å². The fourth-order valence-corrected chi connectivity index (χ4v) is 5.39. The van der Waals surface area contributed by atoms with Crippen LogP contribution >= 0.6 is 22.7 Å². The van der Waals surface area contributed by atoms with Crippen LogP contribution in [0.15, 0.2) is 47.8 Å². The lowest BCUT2D eigenvalue weighted by molar-refractivity contribution is 0.0946. The van der Waals surface area contributed by atoms with Crippen molar-refractivity contribution in [2.75, 3.05) is 20.6 Å². The van der Waals surface area contributed by atoms with Crippen LogP contribution in [0, 0.1) is 12.7 Å². The van der Waals surface area contributed by atoms with Crippen LogP contribution in [0.1, 0.15) is 31.8 Å². The monoisotopic (exact) mass is 442 g/mol. The van der Waals surface area contributed by atoms with Gasteiger partial charge in [0.15, 0.2) is 0 Å². The molecular weight excluding hydrogens is 419 g/mol. The Morgan fingerprint density at radius 3 is 2.70 bits per heavy atom. The number of hydrogen-bond donors (Lipinski definition) is 1. The second kappa shape index (κ2) is 8.67. The zero-order valence-electron chi connectivity index (χ0n) is 17.1. The van der Waals surface area contributed by atoms with Crippen molar-refractivity contribution in [3.63, 3.8) is 0 Å². The summed E-state index contributed by atoms with van der Waals surface area (Å²) in [5, 5.41) is 10.7. The molecule has 0 saturated heterocycles. The third-order valence-corrected chi connectivity index (χ3v) is 7.15. The summed E-state index contributed by atoms with van der Waals surface area (Å²) in [5.41, 5.74) is 1.84. The lowest BCUT2D eigenvalue weighted by Gasteiger charge is -2.23. The number of carbonyl (C=O) groups is 1. The second-order valence-electron chi connectivity index (χ2n) is 7.40. The summed E-state index contributed by atoms with van der Waals surface area (Å²) in [6.07, 6.45) is 0. The molecule has 156 valence electrons. The van der Waals surface area contributed by atoms with Crippen LogP contribution in [0.25, 0.3) is 10.2 Å². The van der Waals surface area contributed by atoms with Crippen molar-refractivity contribution >= 4 is 38.8 Å². The first-order valence-corrected chi connectivity index (χ1v) is 11.3. The van der Waals surface area contributed by atoms with Gasteiger partial charge in [0, 0.05) is 16.8 Å². The molecule has 1 aromatic carbocycles. The van der Waals surface area contributed by atoms with Gasteiger partial charge in [-0.05, 0) is 56.2 Å². The Morgan fingerprint density at radius 1 is 1.27 bits per heavy atom. The van der Waals surface area contributed by atoms with Gasteiger partial charge >= 0.3 is 0 Å². The van der Waals surface area contributed by atoms with E-state index in [9.17, 15) is 9.18 Å². The molecule has 1 unspecified atom stereocenters. The fraction of sp³-hybridized carbons (Fsp3) is 0.273. The number of aromatic nitrogens is 2. The maximum Gasteiger partial charge on any atom is 0.261 e. The smallest absolute Gasteiger partial charge is 0.261 e. The molecule has 3 heterocycles. The van der Waals surface area contributed by atoms with Gasteiger partial charge < -0.3 is 10.2 Å². The summed E-state index contributed by atoms with van der Waals surface area (Å²) in [6.45, 7) is 3.02. The van der Waals surface area contributed by atoms with E-state index in [1.54, 1.807) is 23.5 Å². The minimum Gasteiger partial charge on any atom is -0.349 e. The quantitative estimate of drug-likeness (QED) is 0.452. The molecular formula is C22H23FN4OS2. The lowest BCUT2D eigenvalue weighted by Crippen LogP contribution is -2.33. The Hall–Kier alpha value is -2.55. The average molecular weight is 443 g/mol. The number of thiophene rings is 2. The standard InChI is InChI=1S/C22H23FN4OS2/c1-14-17-11-20(21(28)24-12-18(26(2)3)19-5-4-10-29-19)30-22(17)27(25-14)13-15-6-8-16(23)9-7-15/h4-11,18H,12-13H2,1-3H3,(H,24,28). The van der Waals surface area contributed by atoms with E-state index in [-0.39, 0.29) is 17.8 Å². The minimum absolute atomic E-state index is 0.0765. The molecule has 0 aliphatic rings. The SMILES string of the molecule is Cc1nn(Cc2ccc(F)cc2)c2sc(C(=O)NCC(c3cccs3)N(C)C)cc12. The van der Waals surface area contributed by atoms with Crippen molar-refractivity contribution in [3.8, 4) is 0 Å². The number of halogens is 1. The van der Waals surface area contributed by atoms with Crippen molar-refractivity contribution in [2.24, 2.45) is 0 Å². The molecule has 0 bridgehead atoms. The largest absolute Gasteiger partial charge is 0.349 e. The summed E-state index contributed by atoms with van der Waals surface area (Å²) in [7, 11) is 4.03. The van der Waals surface area contributed by atoms with Gasteiger partial charge in [-0.1, -0.05) is 18.2 Å². The van der Waals surface area contributed by atoms with E-state index in [0.29, 0.717) is 18.0 Å². The molecule has 8 heteroatoms. The molecule has 1 N–H and O–H groups in total. The molecule has 0 aliphatic heterocycles. The Labute approximate surface area is 182 Å². The van der Waals surface area contributed by atoms with Gasteiger partial charge in [0.1, 0.15) is 10.6 Å². The molecule has 0 fully saturated rings. The number of likely N-dealkylation sites (N-methyl/N-ethyl adjacent to an activating group) is 1. The first-order chi connectivity index (χ1) is 14.4. The highest BCUT2D eigenvalue weighted by molar-refractivity contribution is 7.20. The zero-order chi connectivity index (χ0) is 21.3. The number of benzene rings is 1. The number of hydrogen-bond acceptors (Lipinski definition) is 5. The normalized spacial score (nSPS) is 12.6. The van der Waals surface area contributed by atoms with E-state index in [4.69, 9.17) is 0 Å². The van der Waals surface area contributed by atoms with Crippen molar-refractivity contribution in [1.82, 2.24) is 20.0 Å². The highest BCUT2D eigenvalue weighted by Crippen LogP contribution is 2.29. The van der Waals surface area contributed by atoms with Gasteiger partial charge in [0.2, 0.25) is 0 Å². The van der Waals surface area contributed by atoms with Crippen molar-refractivity contribution in [1.29, 1.82) is 0 Å². The number of rotatable bonds is 7. The van der Waals surface area contributed by atoms with Gasteiger partial charge in [-0.25, -0.2) is 4.39 Å². The average Bonchev–Trinajstić information content (AvgIpc) is 3.43. The summed E-state index contributed by atoms with van der Waals surface area (Å²) in [6, 6.07) is 12.6. The van der Waals surface area contributed by atoms with Crippen LogP contribution in [0.3, 0.4) is 0 Å². The highest BCUT2D eigenvalue weighted by Gasteiger charge is 2.20. The molecule has 0 radical (unpaired) electrons. The first kappa shape index (κ1) is 20.7. The third kappa shape index (κ3) is 4.30. The minimum atomic E-state index is -0.255. The van der Waals surface area contributed by atoms with Crippen LogP contribution < -0.4 is 5.32 Å². The number of aryl methyl sites for hydroxylation is 1. The topological polar surface area (TPSA) is 50.2 Å². The summed E-state index contributed by atoms with van der Waals surface area (Å²) >= 11 is 3.13. The zero-order valence-corrected chi connectivity index (χ0v) is 18.7. The maximum absolute atomic E-state index is 13.2. The summed E-state index contributed by atoms with van der Waals surface area (Å²) in [4.78, 5) is 17.8. The van der Waals surface area contributed by atoms with Crippen molar-refractivity contribution in [3.05, 3.63) is 74.7 Å². The number of nitrogens with one attached hydrogen (secondary N) is 1. The molecule has 1 atom stereocenters. The molecule has 4 rings (SSSR count). The van der Waals surface area contributed by atoms with E-state index in [0.717, 1.165) is 21.5 Å². The van der Waals surface area contributed by atoms with Gasteiger partial charge in [-0.3, -0.25) is 9.48 Å². The molecule has 4 aromatic rings. The molecule has 0 aliphatic carbocycles. The van der Waals surface area contributed by atoms with E-state index in [1.807, 2.05) is 37.8 Å². The molecule has 30 heavy (non-hydrogen) atoms. The number of amides is 1. The summed E-state index contributed by atoms with van der Waals surface area (Å²) in [5.74, 6) is -0.332. The van der Waals surface area contributed by atoms with Gasteiger partial charge in [0.25, 0.3) is 5.91 Å². The van der Waals surface area contributed by atoms with Crippen LogP contribution in [-0.2, 0) is 6.54 Å². The van der Waals surface area contributed by atoms with E-state index in [1.165, 1.54) is 28.3 Å². The van der Waals surface area contributed by atoms with Crippen molar-refractivity contribution in [2.45, 2.75) is 19.5 Å². The third-order valence-electron chi connectivity index (χ3n) is 5.03. The van der Waals surface area contributed by atoms with E-state index in [2.05, 4.69) is 26.8 Å². The number of fused-ring (bicyclic) bond motifs is 1. The predicted octanol–water partition coefficient (Wildman–Crippen LogP) is 4.69. The molecule has 0 spiro atoms. The molecule has 1 amide bonds. The van der Waals surface area contributed by atoms with E-state index < -0.39 is 0 Å². The summed E-state index contributed by atoms with van der Waals surface area (Å²) < 4.78 is 15.1. The van der Waals surface area contributed by atoms with Crippen LogP contribution in [0.5, 0.6) is 0 Å². The fourth-order valence-electron chi connectivity index (χ4n) is 3.39. The maximum atomic E-state index is 13.2. The Kier molecular flexibility index (Phi) is 5.99. The van der Waals surface area contributed by atoms with Crippen LogP contribution in [0.2, 0.25) is 0 Å². The van der Waals surface area contributed by atoms with Crippen LogP contribution in [-0.4, -0.2) is 41.2 Å². The lowest BCUT2D eigenvalue weighted by atomic mass is 10.2. The Morgan fingerprint density at radius 2 is 2.03 bits per heavy atom. The van der Waals surface area contributed by atoms with Gasteiger partial charge in [0.05, 0.1) is 23.2 Å². The highest BCUT2D eigenvalue weighted by atomic mass is 32.1. The number of carbonyl (C=O) groups excluding carboxylic acids is 1. The first-order valence-electron chi connectivity index (χ1n) is 9.62. The molecule has 5 nitrogen and oxygen atoms in total. The number of nitrogens with zero attached hydrogens (tertiary/aromatic N) is 3. The Balaban J connectivity index is 1.51. The Bertz CT molecular complexity index is 1150. The van der Waals surface area contributed by atoms with Crippen LogP contribution in [0.4, 0.5) is 4.39 Å². The second-order valence-corrected chi connectivity index (χ2v) is 9.41. The van der Waals surface area contributed by atoms with Gasteiger partial charge in [-0.2, -0.15) is 5.10 Å².